The number of ether oxygens (including phenoxy) is 1. The van der Waals surface area contributed by atoms with Gasteiger partial charge >= 0.3 is 0 Å². The topological polar surface area (TPSA) is 21.3 Å². The van der Waals surface area contributed by atoms with Crippen molar-refractivity contribution in [1.29, 1.82) is 0 Å². The highest BCUT2D eigenvalue weighted by molar-refractivity contribution is 4.96. The van der Waals surface area contributed by atoms with Gasteiger partial charge in [0.25, 0.3) is 0 Å². The molecular formula is C11H21NO. The largest absolute Gasteiger partial charge is 0.381 e. The minimum atomic E-state index is 0.508. The SMILES string of the molecule is CCNCC1(C2CC2)CCCOC1. The fraction of sp³-hybridized carbons (Fsp3) is 1.00. The van der Waals surface area contributed by atoms with E-state index in [4.69, 9.17) is 4.74 Å². The Kier molecular flexibility index (Phi) is 2.89. The van der Waals surface area contributed by atoms with Gasteiger partial charge in [0.15, 0.2) is 0 Å². The number of hydrogen-bond donors (Lipinski definition) is 1. The van der Waals surface area contributed by atoms with Gasteiger partial charge in [-0.2, -0.15) is 0 Å². The van der Waals surface area contributed by atoms with Gasteiger partial charge in [-0.05, 0) is 38.1 Å². The zero-order chi connectivity index (χ0) is 9.15. The second-order valence-electron chi connectivity index (χ2n) is 4.57. The van der Waals surface area contributed by atoms with E-state index in [0.717, 1.165) is 25.7 Å². The first kappa shape index (κ1) is 9.47. The molecule has 2 fully saturated rings. The summed E-state index contributed by atoms with van der Waals surface area (Å²) in [7, 11) is 0. The van der Waals surface area contributed by atoms with Gasteiger partial charge in [0, 0.05) is 18.6 Å². The summed E-state index contributed by atoms with van der Waals surface area (Å²) in [6.07, 6.45) is 5.52. The number of hydrogen-bond acceptors (Lipinski definition) is 2. The predicted octanol–water partition coefficient (Wildman–Crippen LogP) is 1.80. The molecule has 1 aliphatic heterocycles. The van der Waals surface area contributed by atoms with Crippen LogP contribution in [0.4, 0.5) is 0 Å². The molecule has 1 saturated heterocycles. The third kappa shape index (κ3) is 2.05. The molecule has 0 aromatic heterocycles. The van der Waals surface area contributed by atoms with Crippen LogP contribution in [0.2, 0.25) is 0 Å². The van der Waals surface area contributed by atoms with Gasteiger partial charge < -0.3 is 10.1 Å². The molecule has 1 N–H and O–H groups in total. The second kappa shape index (κ2) is 3.97. The molecule has 1 saturated carbocycles. The minimum Gasteiger partial charge on any atom is -0.381 e. The average Bonchev–Trinajstić information content (AvgIpc) is 3.00. The van der Waals surface area contributed by atoms with E-state index in [2.05, 4.69) is 12.2 Å². The van der Waals surface area contributed by atoms with E-state index >= 15 is 0 Å². The summed E-state index contributed by atoms with van der Waals surface area (Å²) in [5.41, 5.74) is 0.508. The van der Waals surface area contributed by atoms with Crippen LogP contribution in [0.3, 0.4) is 0 Å². The first-order chi connectivity index (χ1) is 6.37. The molecule has 0 amide bonds. The molecule has 0 bridgehead atoms. The van der Waals surface area contributed by atoms with Crippen LogP contribution in [0.15, 0.2) is 0 Å². The van der Waals surface area contributed by atoms with Crippen LogP contribution in [0.25, 0.3) is 0 Å². The highest BCUT2D eigenvalue weighted by atomic mass is 16.5. The van der Waals surface area contributed by atoms with Crippen molar-refractivity contribution in [2.75, 3.05) is 26.3 Å². The van der Waals surface area contributed by atoms with E-state index in [0.29, 0.717) is 5.41 Å². The third-order valence-corrected chi connectivity index (χ3v) is 3.52. The Balaban J connectivity index is 1.92. The molecule has 2 aliphatic rings. The molecule has 1 atom stereocenters. The molecule has 0 aromatic carbocycles. The molecule has 2 rings (SSSR count). The monoisotopic (exact) mass is 183 g/mol. The maximum Gasteiger partial charge on any atom is 0.0537 e. The van der Waals surface area contributed by atoms with Crippen molar-refractivity contribution >= 4 is 0 Å². The Morgan fingerprint density at radius 1 is 1.46 bits per heavy atom. The first-order valence-corrected chi connectivity index (χ1v) is 5.66. The van der Waals surface area contributed by atoms with E-state index in [1.54, 1.807) is 0 Å². The van der Waals surface area contributed by atoms with Crippen LogP contribution >= 0.6 is 0 Å². The minimum absolute atomic E-state index is 0.508. The van der Waals surface area contributed by atoms with Crippen LogP contribution in [-0.2, 0) is 4.74 Å². The molecule has 76 valence electrons. The molecular weight excluding hydrogens is 162 g/mol. The van der Waals surface area contributed by atoms with Gasteiger partial charge in [-0.3, -0.25) is 0 Å². The van der Waals surface area contributed by atoms with Gasteiger partial charge in [0.2, 0.25) is 0 Å². The molecule has 0 aromatic rings. The number of rotatable bonds is 4. The van der Waals surface area contributed by atoms with Crippen LogP contribution in [0.5, 0.6) is 0 Å². The fourth-order valence-electron chi connectivity index (χ4n) is 2.55. The Morgan fingerprint density at radius 2 is 2.31 bits per heavy atom. The van der Waals surface area contributed by atoms with Crippen LogP contribution in [-0.4, -0.2) is 26.3 Å². The Labute approximate surface area is 81.0 Å². The molecule has 2 nitrogen and oxygen atoms in total. The Hall–Kier alpha value is -0.0800. The summed E-state index contributed by atoms with van der Waals surface area (Å²) < 4.78 is 5.64. The molecule has 0 radical (unpaired) electrons. The van der Waals surface area contributed by atoms with Gasteiger partial charge in [0.1, 0.15) is 0 Å². The quantitative estimate of drug-likeness (QED) is 0.717. The highest BCUT2D eigenvalue weighted by Gasteiger charge is 2.45. The van der Waals surface area contributed by atoms with Crippen molar-refractivity contribution in [2.45, 2.75) is 32.6 Å². The van der Waals surface area contributed by atoms with Crippen molar-refractivity contribution in [3.8, 4) is 0 Å². The standard InChI is InChI=1S/C11H21NO/c1-2-12-8-11(10-4-5-10)6-3-7-13-9-11/h10,12H,2-9H2,1H3. The van der Waals surface area contributed by atoms with E-state index in [1.165, 1.54) is 32.2 Å². The lowest BCUT2D eigenvalue weighted by Crippen LogP contribution is -2.42. The van der Waals surface area contributed by atoms with Crippen molar-refractivity contribution in [2.24, 2.45) is 11.3 Å². The summed E-state index contributed by atoms with van der Waals surface area (Å²) in [4.78, 5) is 0. The molecule has 13 heavy (non-hydrogen) atoms. The molecule has 1 aliphatic carbocycles. The maximum absolute atomic E-state index is 5.64. The summed E-state index contributed by atoms with van der Waals surface area (Å²) in [6, 6.07) is 0. The van der Waals surface area contributed by atoms with Crippen molar-refractivity contribution in [3.05, 3.63) is 0 Å². The predicted molar refractivity (Wildman–Crippen MR) is 53.8 cm³/mol. The van der Waals surface area contributed by atoms with Crippen LogP contribution in [0, 0.1) is 11.3 Å². The van der Waals surface area contributed by atoms with Crippen LogP contribution < -0.4 is 5.32 Å². The highest BCUT2D eigenvalue weighted by Crippen LogP contribution is 2.49. The Bertz CT molecular complexity index is 159. The maximum atomic E-state index is 5.64. The Morgan fingerprint density at radius 3 is 2.85 bits per heavy atom. The van der Waals surface area contributed by atoms with Crippen LogP contribution in [0.1, 0.15) is 32.6 Å². The third-order valence-electron chi connectivity index (χ3n) is 3.52. The van der Waals surface area contributed by atoms with E-state index in [9.17, 15) is 0 Å². The van der Waals surface area contributed by atoms with Gasteiger partial charge in [-0.1, -0.05) is 6.92 Å². The van der Waals surface area contributed by atoms with Gasteiger partial charge in [-0.25, -0.2) is 0 Å². The summed E-state index contributed by atoms with van der Waals surface area (Å²) in [5, 5.41) is 3.50. The van der Waals surface area contributed by atoms with Gasteiger partial charge in [-0.15, -0.1) is 0 Å². The molecule has 2 heteroatoms. The summed E-state index contributed by atoms with van der Waals surface area (Å²) in [6.45, 7) is 6.44. The fourth-order valence-corrected chi connectivity index (χ4v) is 2.55. The summed E-state index contributed by atoms with van der Waals surface area (Å²) in [5.74, 6) is 0.965. The van der Waals surface area contributed by atoms with Crippen molar-refractivity contribution in [1.82, 2.24) is 5.32 Å². The molecule has 0 spiro atoms. The molecule has 1 unspecified atom stereocenters. The van der Waals surface area contributed by atoms with E-state index < -0.39 is 0 Å². The smallest absolute Gasteiger partial charge is 0.0537 e. The lowest BCUT2D eigenvalue weighted by atomic mass is 9.78. The van der Waals surface area contributed by atoms with E-state index in [1.807, 2.05) is 0 Å². The average molecular weight is 183 g/mol. The van der Waals surface area contributed by atoms with Crippen molar-refractivity contribution in [3.63, 3.8) is 0 Å². The normalized spacial score (nSPS) is 34.8. The zero-order valence-electron chi connectivity index (χ0n) is 8.64. The molecule has 1 heterocycles. The second-order valence-corrected chi connectivity index (χ2v) is 4.57. The van der Waals surface area contributed by atoms with Crippen molar-refractivity contribution < 1.29 is 4.74 Å². The summed E-state index contributed by atoms with van der Waals surface area (Å²) >= 11 is 0. The lowest BCUT2D eigenvalue weighted by Gasteiger charge is -2.37. The number of nitrogens with one attached hydrogen (secondary N) is 1. The lowest BCUT2D eigenvalue weighted by molar-refractivity contribution is -0.0198. The van der Waals surface area contributed by atoms with Gasteiger partial charge in [0.05, 0.1) is 6.61 Å². The van der Waals surface area contributed by atoms with E-state index in [-0.39, 0.29) is 0 Å². The first-order valence-electron chi connectivity index (χ1n) is 5.66. The zero-order valence-corrected chi connectivity index (χ0v) is 8.64.